The normalized spacial score (nSPS) is 35.7. The van der Waals surface area contributed by atoms with E-state index in [9.17, 15) is 9.90 Å². The molecular formula is C18H25N3O3. The van der Waals surface area contributed by atoms with Crippen LogP contribution in [-0.2, 0) is 4.79 Å². The van der Waals surface area contributed by atoms with Gasteiger partial charge in [0.05, 0.1) is 24.3 Å². The average molecular weight is 331 g/mol. The van der Waals surface area contributed by atoms with Gasteiger partial charge in [0.1, 0.15) is 5.75 Å². The average Bonchev–Trinajstić information content (AvgIpc) is 2.88. The number of aliphatic hydroxyl groups is 1. The van der Waals surface area contributed by atoms with Gasteiger partial charge < -0.3 is 20.5 Å². The van der Waals surface area contributed by atoms with Crippen molar-refractivity contribution < 1.29 is 14.6 Å². The maximum absolute atomic E-state index is 12.7. The van der Waals surface area contributed by atoms with Gasteiger partial charge in [-0.05, 0) is 19.4 Å². The number of carbonyl (C=O) groups is 1. The molecule has 0 saturated carbocycles. The minimum absolute atomic E-state index is 0.00339. The maximum atomic E-state index is 12.7. The zero-order chi connectivity index (χ0) is 16.7. The largest absolute Gasteiger partial charge is 0.493 e. The molecule has 0 bridgehead atoms. The SMILES string of the molecule is CC1(O)C[C@@H]2CNC(C(=O)N[C@@H]3CCOc4ccccc43)CN2C1. The molecule has 130 valence electrons. The van der Waals surface area contributed by atoms with E-state index < -0.39 is 5.60 Å². The van der Waals surface area contributed by atoms with Crippen LogP contribution in [0.3, 0.4) is 0 Å². The first kappa shape index (κ1) is 15.9. The fourth-order valence-corrected chi connectivity index (χ4v) is 4.20. The molecule has 0 aromatic heterocycles. The fourth-order valence-electron chi connectivity index (χ4n) is 4.20. The molecule has 0 aliphatic carbocycles. The van der Waals surface area contributed by atoms with Gasteiger partial charge in [-0.15, -0.1) is 0 Å². The molecule has 24 heavy (non-hydrogen) atoms. The summed E-state index contributed by atoms with van der Waals surface area (Å²) in [5, 5.41) is 16.8. The van der Waals surface area contributed by atoms with Crippen LogP contribution in [0.2, 0.25) is 0 Å². The highest BCUT2D eigenvalue weighted by atomic mass is 16.5. The van der Waals surface area contributed by atoms with E-state index in [1.54, 1.807) is 0 Å². The van der Waals surface area contributed by atoms with Crippen molar-refractivity contribution in [2.75, 3.05) is 26.2 Å². The molecule has 3 N–H and O–H groups in total. The van der Waals surface area contributed by atoms with Gasteiger partial charge >= 0.3 is 0 Å². The smallest absolute Gasteiger partial charge is 0.238 e. The Hall–Kier alpha value is -1.63. The van der Waals surface area contributed by atoms with Crippen LogP contribution in [0.5, 0.6) is 5.75 Å². The number of para-hydroxylation sites is 1. The molecule has 3 aliphatic heterocycles. The zero-order valence-corrected chi connectivity index (χ0v) is 14.0. The summed E-state index contributed by atoms with van der Waals surface area (Å²) in [5.41, 5.74) is 0.409. The molecule has 1 amide bonds. The van der Waals surface area contributed by atoms with Crippen molar-refractivity contribution in [1.82, 2.24) is 15.5 Å². The lowest BCUT2D eigenvalue weighted by atomic mass is 9.99. The fraction of sp³-hybridized carbons (Fsp3) is 0.611. The first-order valence-corrected chi connectivity index (χ1v) is 8.74. The number of rotatable bonds is 2. The van der Waals surface area contributed by atoms with E-state index in [1.807, 2.05) is 31.2 Å². The predicted octanol–water partition coefficient (Wildman–Crippen LogP) is 0.424. The van der Waals surface area contributed by atoms with Crippen LogP contribution < -0.4 is 15.4 Å². The third-order valence-corrected chi connectivity index (χ3v) is 5.34. The Morgan fingerprint density at radius 2 is 2.29 bits per heavy atom. The van der Waals surface area contributed by atoms with Crippen molar-refractivity contribution in [3.8, 4) is 5.75 Å². The number of benzene rings is 1. The summed E-state index contributed by atoms with van der Waals surface area (Å²) in [7, 11) is 0. The van der Waals surface area contributed by atoms with Gasteiger partial charge in [0.2, 0.25) is 5.91 Å². The molecule has 4 rings (SSSR count). The van der Waals surface area contributed by atoms with Crippen molar-refractivity contribution in [2.45, 2.75) is 43.5 Å². The number of nitrogens with zero attached hydrogens (tertiary/aromatic N) is 1. The van der Waals surface area contributed by atoms with E-state index >= 15 is 0 Å². The van der Waals surface area contributed by atoms with Crippen molar-refractivity contribution in [3.63, 3.8) is 0 Å². The molecule has 3 heterocycles. The minimum atomic E-state index is -0.642. The van der Waals surface area contributed by atoms with Crippen LogP contribution in [0, 0.1) is 0 Å². The molecule has 1 aromatic carbocycles. The number of hydrogen-bond acceptors (Lipinski definition) is 5. The summed E-state index contributed by atoms with van der Waals surface area (Å²) < 4.78 is 5.66. The van der Waals surface area contributed by atoms with Gasteiger partial charge in [-0.3, -0.25) is 9.69 Å². The summed E-state index contributed by atoms with van der Waals surface area (Å²) >= 11 is 0. The number of amides is 1. The Morgan fingerprint density at radius 1 is 1.46 bits per heavy atom. The van der Waals surface area contributed by atoms with Crippen LogP contribution in [0.4, 0.5) is 0 Å². The number of ether oxygens (including phenoxy) is 1. The summed E-state index contributed by atoms with van der Waals surface area (Å²) in [5.74, 6) is 0.892. The highest BCUT2D eigenvalue weighted by Gasteiger charge is 2.43. The minimum Gasteiger partial charge on any atom is -0.493 e. The molecule has 2 unspecified atom stereocenters. The van der Waals surface area contributed by atoms with Crippen LogP contribution in [0.15, 0.2) is 24.3 Å². The van der Waals surface area contributed by atoms with Crippen molar-refractivity contribution in [1.29, 1.82) is 0 Å². The second-order valence-corrected chi connectivity index (χ2v) is 7.48. The van der Waals surface area contributed by atoms with E-state index in [2.05, 4.69) is 15.5 Å². The highest BCUT2D eigenvalue weighted by molar-refractivity contribution is 5.82. The van der Waals surface area contributed by atoms with E-state index in [4.69, 9.17) is 4.74 Å². The van der Waals surface area contributed by atoms with Crippen LogP contribution in [0.25, 0.3) is 0 Å². The number of nitrogens with one attached hydrogen (secondary N) is 2. The van der Waals surface area contributed by atoms with E-state index in [0.717, 1.165) is 30.7 Å². The van der Waals surface area contributed by atoms with Crippen LogP contribution in [0.1, 0.15) is 31.4 Å². The lowest BCUT2D eigenvalue weighted by Gasteiger charge is -2.36. The van der Waals surface area contributed by atoms with E-state index in [-0.39, 0.29) is 18.0 Å². The van der Waals surface area contributed by atoms with E-state index in [1.165, 1.54) is 0 Å². The standard InChI is InChI=1S/C18H25N3O3/c1-18(23)8-12-9-19-15(10-21(12)11-18)17(22)20-14-6-7-24-16-5-3-2-4-13(14)16/h2-5,12,14-15,19,23H,6-11H2,1H3,(H,20,22)/t12-,14-,15?,18?/m1/s1. The van der Waals surface area contributed by atoms with Crippen molar-refractivity contribution >= 4 is 5.91 Å². The van der Waals surface area contributed by atoms with Crippen LogP contribution >= 0.6 is 0 Å². The molecule has 3 aliphatic rings. The monoisotopic (exact) mass is 331 g/mol. The van der Waals surface area contributed by atoms with Crippen LogP contribution in [-0.4, -0.2) is 59.8 Å². The number of hydrogen-bond donors (Lipinski definition) is 3. The Balaban J connectivity index is 1.41. The molecule has 0 radical (unpaired) electrons. The second kappa shape index (κ2) is 6.02. The predicted molar refractivity (Wildman–Crippen MR) is 89.8 cm³/mol. The molecule has 2 saturated heterocycles. The Bertz CT molecular complexity index is 634. The lowest BCUT2D eigenvalue weighted by molar-refractivity contribution is -0.125. The third kappa shape index (κ3) is 3.01. The Morgan fingerprint density at radius 3 is 3.17 bits per heavy atom. The second-order valence-electron chi connectivity index (χ2n) is 7.48. The molecule has 4 atom stereocenters. The Kier molecular flexibility index (Phi) is 3.98. The molecule has 2 fully saturated rings. The van der Waals surface area contributed by atoms with Crippen molar-refractivity contribution in [3.05, 3.63) is 29.8 Å². The van der Waals surface area contributed by atoms with Gasteiger partial charge in [0, 0.05) is 37.7 Å². The number of piperazine rings is 1. The Labute approximate surface area is 142 Å². The molecule has 6 nitrogen and oxygen atoms in total. The third-order valence-electron chi connectivity index (χ3n) is 5.34. The number of carbonyl (C=O) groups excluding carboxylic acids is 1. The topological polar surface area (TPSA) is 73.8 Å². The zero-order valence-electron chi connectivity index (χ0n) is 14.0. The van der Waals surface area contributed by atoms with E-state index in [0.29, 0.717) is 25.7 Å². The van der Waals surface area contributed by atoms with Gasteiger partial charge in [-0.2, -0.15) is 0 Å². The summed E-state index contributed by atoms with van der Waals surface area (Å²) in [4.78, 5) is 15.0. The van der Waals surface area contributed by atoms with Gasteiger partial charge in [-0.25, -0.2) is 0 Å². The summed E-state index contributed by atoms with van der Waals surface area (Å²) in [6.45, 7) is 4.54. The molecule has 1 aromatic rings. The molecule has 6 heteroatoms. The maximum Gasteiger partial charge on any atom is 0.238 e. The van der Waals surface area contributed by atoms with Gasteiger partial charge in [0.25, 0.3) is 0 Å². The quantitative estimate of drug-likeness (QED) is 0.733. The molecular weight excluding hydrogens is 306 g/mol. The molecule has 0 spiro atoms. The lowest BCUT2D eigenvalue weighted by Crippen LogP contribution is -2.59. The summed E-state index contributed by atoms with van der Waals surface area (Å²) in [6, 6.07) is 7.99. The highest BCUT2D eigenvalue weighted by Crippen LogP contribution is 2.32. The first-order valence-electron chi connectivity index (χ1n) is 8.74. The number of fused-ring (bicyclic) bond motifs is 2. The van der Waals surface area contributed by atoms with Gasteiger partial charge in [0.15, 0.2) is 0 Å². The van der Waals surface area contributed by atoms with Crippen molar-refractivity contribution in [2.24, 2.45) is 0 Å². The summed E-state index contributed by atoms with van der Waals surface area (Å²) in [6.07, 6.45) is 1.55. The first-order chi connectivity index (χ1) is 11.5. The van der Waals surface area contributed by atoms with Gasteiger partial charge in [-0.1, -0.05) is 18.2 Å².